The summed E-state index contributed by atoms with van der Waals surface area (Å²) in [6, 6.07) is 9.35. The molecule has 2 atom stereocenters. The van der Waals surface area contributed by atoms with E-state index >= 15 is 0 Å². The number of ether oxygens (including phenoxy) is 1. The van der Waals surface area contributed by atoms with Crippen molar-refractivity contribution in [1.82, 2.24) is 5.32 Å². The Morgan fingerprint density at radius 2 is 1.76 bits per heavy atom. The minimum Gasteiger partial charge on any atom is -0.459 e. The van der Waals surface area contributed by atoms with Crippen molar-refractivity contribution < 1.29 is 23.5 Å². The van der Waals surface area contributed by atoms with Gasteiger partial charge in [-0.3, -0.25) is 9.59 Å². The predicted molar refractivity (Wildman–Crippen MR) is 91.0 cm³/mol. The van der Waals surface area contributed by atoms with E-state index in [1.54, 1.807) is 18.2 Å². The molecule has 1 heterocycles. The largest absolute Gasteiger partial charge is 0.459 e. The number of esters is 1. The maximum Gasteiger partial charge on any atom is 0.329 e. The number of aryl methyl sites for hydroxylation is 1. The van der Waals surface area contributed by atoms with Gasteiger partial charge in [0.15, 0.2) is 11.9 Å². The third kappa shape index (κ3) is 5.20. The molecule has 0 aliphatic rings. The van der Waals surface area contributed by atoms with Crippen LogP contribution < -0.4 is 10.6 Å². The molecule has 1 aromatic heterocycles. The van der Waals surface area contributed by atoms with E-state index in [9.17, 15) is 14.4 Å². The molecule has 7 heteroatoms. The molecule has 0 spiro atoms. The molecule has 0 fully saturated rings. The number of rotatable bonds is 6. The van der Waals surface area contributed by atoms with Crippen LogP contribution in [0, 0.1) is 6.92 Å². The van der Waals surface area contributed by atoms with Gasteiger partial charge in [0.2, 0.25) is 0 Å². The number of amides is 2. The second kappa shape index (κ2) is 8.14. The van der Waals surface area contributed by atoms with Gasteiger partial charge in [0, 0.05) is 5.69 Å². The maximum absolute atomic E-state index is 12.1. The van der Waals surface area contributed by atoms with Gasteiger partial charge in [0.05, 0.1) is 6.26 Å². The zero-order valence-corrected chi connectivity index (χ0v) is 14.2. The molecule has 2 rings (SSSR count). The van der Waals surface area contributed by atoms with Crippen molar-refractivity contribution in [2.75, 3.05) is 5.32 Å². The monoisotopic (exact) mass is 344 g/mol. The Morgan fingerprint density at radius 3 is 2.36 bits per heavy atom. The first-order valence-electron chi connectivity index (χ1n) is 7.79. The highest BCUT2D eigenvalue weighted by molar-refractivity contribution is 5.97. The number of carbonyl (C=O) groups excluding carboxylic acids is 3. The van der Waals surface area contributed by atoms with Gasteiger partial charge in [-0.2, -0.15) is 0 Å². The molecule has 0 bridgehead atoms. The summed E-state index contributed by atoms with van der Waals surface area (Å²) in [6.45, 7) is 4.87. The zero-order chi connectivity index (χ0) is 18.4. The predicted octanol–water partition coefficient (Wildman–Crippen LogP) is 2.28. The fourth-order valence-corrected chi connectivity index (χ4v) is 1.95. The van der Waals surface area contributed by atoms with Gasteiger partial charge in [0.25, 0.3) is 11.8 Å². The Morgan fingerprint density at radius 1 is 1.08 bits per heavy atom. The molecule has 0 radical (unpaired) electrons. The highest BCUT2D eigenvalue weighted by Gasteiger charge is 2.24. The van der Waals surface area contributed by atoms with E-state index < -0.39 is 29.9 Å². The van der Waals surface area contributed by atoms with Gasteiger partial charge < -0.3 is 19.8 Å². The molecular formula is C18H20N2O5. The molecule has 132 valence electrons. The van der Waals surface area contributed by atoms with Crippen LogP contribution in [0.3, 0.4) is 0 Å². The number of benzene rings is 1. The van der Waals surface area contributed by atoms with Crippen molar-refractivity contribution in [3.63, 3.8) is 0 Å². The molecular weight excluding hydrogens is 324 g/mol. The quantitative estimate of drug-likeness (QED) is 0.784. The number of anilines is 1. The van der Waals surface area contributed by atoms with Crippen molar-refractivity contribution >= 4 is 23.5 Å². The Bertz CT molecular complexity index is 737. The molecule has 0 unspecified atom stereocenters. The second-order valence-corrected chi connectivity index (χ2v) is 5.61. The smallest absolute Gasteiger partial charge is 0.329 e. The molecule has 0 saturated carbocycles. The lowest BCUT2D eigenvalue weighted by Crippen LogP contribution is -2.42. The van der Waals surface area contributed by atoms with E-state index in [0.717, 1.165) is 5.56 Å². The van der Waals surface area contributed by atoms with Gasteiger partial charge in [-0.25, -0.2) is 4.79 Å². The van der Waals surface area contributed by atoms with Crippen molar-refractivity contribution in [2.45, 2.75) is 32.9 Å². The first kappa shape index (κ1) is 18.3. The molecule has 2 aromatic rings. The van der Waals surface area contributed by atoms with E-state index in [0.29, 0.717) is 5.69 Å². The van der Waals surface area contributed by atoms with Gasteiger partial charge in [-0.1, -0.05) is 17.7 Å². The van der Waals surface area contributed by atoms with Gasteiger partial charge >= 0.3 is 5.97 Å². The highest BCUT2D eigenvalue weighted by atomic mass is 16.5. The SMILES string of the molecule is Cc1ccc(NC(=O)[C@H](C)OC(=O)[C@H](C)NC(=O)c2ccco2)cc1. The summed E-state index contributed by atoms with van der Waals surface area (Å²) in [5.41, 5.74) is 1.68. The lowest BCUT2D eigenvalue weighted by atomic mass is 10.2. The van der Waals surface area contributed by atoms with E-state index in [2.05, 4.69) is 10.6 Å². The average Bonchev–Trinajstić information content (AvgIpc) is 3.11. The molecule has 0 aliphatic carbocycles. The van der Waals surface area contributed by atoms with E-state index in [-0.39, 0.29) is 5.76 Å². The first-order valence-corrected chi connectivity index (χ1v) is 7.79. The van der Waals surface area contributed by atoms with E-state index in [1.165, 1.54) is 26.2 Å². The summed E-state index contributed by atoms with van der Waals surface area (Å²) < 4.78 is 10.0. The Hall–Kier alpha value is -3.09. The van der Waals surface area contributed by atoms with Crippen LogP contribution in [-0.2, 0) is 14.3 Å². The van der Waals surface area contributed by atoms with E-state index in [4.69, 9.17) is 9.15 Å². The van der Waals surface area contributed by atoms with Crippen LogP contribution >= 0.6 is 0 Å². The Balaban J connectivity index is 1.84. The number of furan rings is 1. The minimum absolute atomic E-state index is 0.0878. The van der Waals surface area contributed by atoms with Crippen LogP contribution in [0.25, 0.3) is 0 Å². The lowest BCUT2D eigenvalue weighted by molar-refractivity contribution is -0.154. The average molecular weight is 344 g/mol. The molecule has 0 aliphatic heterocycles. The van der Waals surface area contributed by atoms with Crippen molar-refractivity contribution in [1.29, 1.82) is 0 Å². The number of nitrogens with one attached hydrogen (secondary N) is 2. The van der Waals surface area contributed by atoms with Crippen LogP contribution in [0.15, 0.2) is 47.1 Å². The minimum atomic E-state index is -1.00. The van der Waals surface area contributed by atoms with Crippen molar-refractivity contribution in [3.05, 3.63) is 54.0 Å². The zero-order valence-electron chi connectivity index (χ0n) is 14.2. The normalized spacial score (nSPS) is 12.8. The van der Waals surface area contributed by atoms with Crippen LogP contribution in [0.4, 0.5) is 5.69 Å². The van der Waals surface area contributed by atoms with Crippen LogP contribution in [0.2, 0.25) is 0 Å². The first-order chi connectivity index (χ1) is 11.9. The third-order valence-electron chi connectivity index (χ3n) is 3.43. The summed E-state index contributed by atoms with van der Waals surface area (Å²) in [6.07, 6.45) is 0.354. The topological polar surface area (TPSA) is 97.6 Å². The Labute approximate surface area is 145 Å². The highest BCUT2D eigenvalue weighted by Crippen LogP contribution is 2.10. The molecule has 0 saturated heterocycles. The third-order valence-corrected chi connectivity index (χ3v) is 3.43. The molecule has 1 aromatic carbocycles. The summed E-state index contributed by atoms with van der Waals surface area (Å²) in [7, 11) is 0. The summed E-state index contributed by atoms with van der Waals surface area (Å²) in [5.74, 6) is -1.62. The van der Waals surface area contributed by atoms with Gasteiger partial charge in [-0.05, 0) is 45.0 Å². The summed E-state index contributed by atoms with van der Waals surface area (Å²) >= 11 is 0. The second-order valence-electron chi connectivity index (χ2n) is 5.61. The number of hydrogen-bond acceptors (Lipinski definition) is 5. The number of hydrogen-bond donors (Lipinski definition) is 2. The summed E-state index contributed by atoms with van der Waals surface area (Å²) in [4.78, 5) is 35.9. The van der Waals surface area contributed by atoms with E-state index in [1.807, 2.05) is 19.1 Å². The molecule has 25 heavy (non-hydrogen) atoms. The van der Waals surface area contributed by atoms with Crippen LogP contribution in [0.5, 0.6) is 0 Å². The number of carbonyl (C=O) groups is 3. The molecule has 7 nitrogen and oxygen atoms in total. The fourth-order valence-electron chi connectivity index (χ4n) is 1.95. The fraction of sp³-hybridized carbons (Fsp3) is 0.278. The van der Waals surface area contributed by atoms with Gasteiger partial charge in [-0.15, -0.1) is 0 Å². The van der Waals surface area contributed by atoms with Crippen LogP contribution in [0.1, 0.15) is 30.0 Å². The van der Waals surface area contributed by atoms with Crippen molar-refractivity contribution in [2.24, 2.45) is 0 Å². The maximum atomic E-state index is 12.1. The van der Waals surface area contributed by atoms with Crippen LogP contribution in [-0.4, -0.2) is 29.9 Å². The molecule has 2 amide bonds. The van der Waals surface area contributed by atoms with Gasteiger partial charge in [0.1, 0.15) is 6.04 Å². The Kier molecular flexibility index (Phi) is 5.94. The summed E-state index contributed by atoms with van der Waals surface area (Å²) in [5, 5.41) is 5.10. The van der Waals surface area contributed by atoms with Crippen molar-refractivity contribution in [3.8, 4) is 0 Å². The lowest BCUT2D eigenvalue weighted by Gasteiger charge is -2.17. The molecule has 2 N–H and O–H groups in total. The standard InChI is InChI=1S/C18H20N2O5/c1-11-6-8-14(9-7-11)20-16(21)13(3)25-18(23)12(2)19-17(22)15-5-4-10-24-15/h4-10,12-13H,1-3H3,(H,19,22)(H,20,21)/t12-,13-/m0/s1.